The zero-order chi connectivity index (χ0) is 17.3. The van der Waals surface area contributed by atoms with Gasteiger partial charge in [0.05, 0.1) is 5.92 Å². The molecule has 0 saturated heterocycles. The van der Waals surface area contributed by atoms with E-state index in [1.54, 1.807) is 6.92 Å². The minimum absolute atomic E-state index is 0.0900. The molecular weight excluding hydrogens is 292 g/mol. The van der Waals surface area contributed by atoms with Crippen LogP contribution in [-0.4, -0.2) is 43.9 Å². The summed E-state index contributed by atoms with van der Waals surface area (Å²) in [6.45, 7) is 4.25. The van der Waals surface area contributed by atoms with E-state index in [1.807, 2.05) is 0 Å². The van der Waals surface area contributed by atoms with Gasteiger partial charge >= 0.3 is 17.9 Å². The van der Waals surface area contributed by atoms with Gasteiger partial charge in [0.15, 0.2) is 5.60 Å². The van der Waals surface area contributed by atoms with Crippen LogP contribution >= 0.6 is 0 Å². The Morgan fingerprint density at radius 2 is 1.82 bits per heavy atom. The Hall–Kier alpha value is -1.89. The van der Waals surface area contributed by atoms with E-state index in [0.29, 0.717) is 12.8 Å². The van der Waals surface area contributed by atoms with Gasteiger partial charge in [-0.15, -0.1) is 0 Å². The Bertz CT molecular complexity index is 520. The second-order valence-corrected chi connectivity index (χ2v) is 6.37. The largest absolute Gasteiger partial charge is 0.481 e. The van der Waals surface area contributed by atoms with Crippen molar-refractivity contribution in [3.63, 3.8) is 0 Å². The first-order chi connectivity index (χ1) is 9.94. The smallest absolute Gasteiger partial charge is 0.335 e. The Labute approximate surface area is 128 Å². The van der Waals surface area contributed by atoms with E-state index in [0.717, 1.165) is 0 Å². The Morgan fingerprint density at radius 3 is 2.23 bits per heavy atom. The molecule has 4 atom stereocenters. The maximum atomic E-state index is 11.3. The maximum Gasteiger partial charge on any atom is 0.335 e. The second kappa shape index (κ2) is 6.08. The first kappa shape index (κ1) is 18.2. The topological polar surface area (TPSA) is 132 Å². The van der Waals surface area contributed by atoms with Gasteiger partial charge in [0.25, 0.3) is 0 Å². The van der Waals surface area contributed by atoms with Gasteiger partial charge in [-0.2, -0.15) is 0 Å². The molecule has 0 radical (unpaired) electrons. The number of hydrogen-bond donors (Lipinski definition) is 4. The highest BCUT2D eigenvalue weighted by molar-refractivity contribution is 5.85. The van der Waals surface area contributed by atoms with Crippen LogP contribution in [0.2, 0.25) is 0 Å². The zero-order valence-electron chi connectivity index (χ0n) is 12.9. The van der Waals surface area contributed by atoms with Gasteiger partial charge in [-0.1, -0.05) is 13.0 Å². The van der Waals surface area contributed by atoms with Gasteiger partial charge in [0.1, 0.15) is 0 Å². The van der Waals surface area contributed by atoms with Gasteiger partial charge in [-0.25, -0.2) is 9.59 Å². The second-order valence-electron chi connectivity index (χ2n) is 6.37. The molecule has 0 spiro atoms. The standard InChI is InChI=1S/C15H22O7/c1-8(11(16)17)5-4-6-14(2)9(12(18)19)7-10(14)15(3,22)13(20)21/h5,9-10,22H,4,6-7H2,1-3H3,(H,16,17)(H,18,19)(H,20,21)/b8-5+/t9-,10-,14-,15+/m1/s1. The molecule has 0 aromatic rings. The lowest BCUT2D eigenvalue weighted by molar-refractivity contribution is -0.201. The van der Waals surface area contributed by atoms with E-state index in [2.05, 4.69) is 0 Å². The van der Waals surface area contributed by atoms with Crippen molar-refractivity contribution in [2.45, 2.75) is 45.6 Å². The number of aliphatic carboxylic acids is 3. The fraction of sp³-hybridized carbons (Fsp3) is 0.667. The Kier molecular flexibility index (Phi) is 5.02. The summed E-state index contributed by atoms with van der Waals surface area (Å²) in [4.78, 5) is 33.3. The average Bonchev–Trinajstić information content (AvgIpc) is 2.35. The van der Waals surface area contributed by atoms with Crippen molar-refractivity contribution >= 4 is 17.9 Å². The van der Waals surface area contributed by atoms with Crippen molar-refractivity contribution in [2.75, 3.05) is 0 Å². The summed E-state index contributed by atoms with van der Waals surface area (Å²) < 4.78 is 0. The highest BCUT2D eigenvalue weighted by atomic mass is 16.4. The lowest BCUT2D eigenvalue weighted by atomic mass is 9.47. The van der Waals surface area contributed by atoms with Gasteiger partial charge in [-0.05, 0) is 38.5 Å². The third-order valence-corrected chi connectivity index (χ3v) is 4.94. The van der Waals surface area contributed by atoms with Gasteiger partial charge < -0.3 is 20.4 Å². The van der Waals surface area contributed by atoms with Gasteiger partial charge in [0, 0.05) is 11.5 Å². The molecule has 1 saturated carbocycles. The molecule has 0 aliphatic heterocycles. The van der Waals surface area contributed by atoms with Crippen LogP contribution in [0.25, 0.3) is 0 Å². The highest BCUT2D eigenvalue weighted by Gasteiger charge is 2.62. The molecule has 1 rings (SSSR count). The normalized spacial score (nSPS) is 31.0. The summed E-state index contributed by atoms with van der Waals surface area (Å²) in [5.74, 6) is -4.91. The van der Waals surface area contributed by atoms with Crippen molar-refractivity contribution < 1.29 is 34.8 Å². The quantitative estimate of drug-likeness (QED) is 0.521. The number of carbonyl (C=O) groups is 3. The predicted octanol–water partition coefficient (Wildman–Crippen LogP) is 1.36. The van der Waals surface area contributed by atoms with E-state index in [-0.39, 0.29) is 12.0 Å². The summed E-state index contributed by atoms with van der Waals surface area (Å²) in [6.07, 6.45) is 2.18. The molecule has 7 heteroatoms. The number of carboxylic acid groups (broad SMARTS) is 3. The van der Waals surface area contributed by atoms with Crippen LogP contribution in [-0.2, 0) is 14.4 Å². The van der Waals surface area contributed by atoms with Crippen molar-refractivity contribution in [2.24, 2.45) is 17.3 Å². The van der Waals surface area contributed by atoms with E-state index < -0.39 is 40.8 Å². The number of rotatable bonds is 7. The van der Waals surface area contributed by atoms with Crippen LogP contribution in [0, 0.1) is 17.3 Å². The summed E-state index contributed by atoms with van der Waals surface area (Å²) >= 11 is 0. The van der Waals surface area contributed by atoms with Crippen LogP contribution < -0.4 is 0 Å². The molecule has 7 nitrogen and oxygen atoms in total. The van der Waals surface area contributed by atoms with Crippen LogP contribution in [0.15, 0.2) is 11.6 Å². The molecule has 0 aromatic carbocycles. The van der Waals surface area contributed by atoms with E-state index >= 15 is 0 Å². The number of hydrogen-bond acceptors (Lipinski definition) is 4. The van der Waals surface area contributed by atoms with E-state index in [1.165, 1.54) is 19.9 Å². The molecular formula is C15H22O7. The molecule has 124 valence electrons. The molecule has 0 aromatic heterocycles. The number of aliphatic hydroxyl groups is 1. The third-order valence-electron chi connectivity index (χ3n) is 4.94. The Balaban J connectivity index is 2.95. The minimum Gasteiger partial charge on any atom is -0.481 e. The van der Waals surface area contributed by atoms with Crippen LogP contribution in [0.5, 0.6) is 0 Å². The molecule has 4 N–H and O–H groups in total. The predicted molar refractivity (Wildman–Crippen MR) is 76.2 cm³/mol. The molecule has 0 unspecified atom stereocenters. The zero-order valence-corrected chi connectivity index (χ0v) is 12.9. The summed E-state index contributed by atoms with van der Waals surface area (Å²) in [7, 11) is 0. The van der Waals surface area contributed by atoms with Gasteiger partial charge in [0.2, 0.25) is 0 Å². The van der Waals surface area contributed by atoms with Crippen molar-refractivity contribution in [3.8, 4) is 0 Å². The molecule has 0 heterocycles. The van der Waals surface area contributed by atoms with E-state index in [4.69, 9.17) is 10.2 Å². The van der Waals surface area contributed by atoms with Crippen LogP contribution in [0.4, 0.5) is 0 Å². The molecule has 1 fully saturated rings. The lowest BCUT2D eigenvalue weighted by Gasteiger charge is -2.56. The number of allylic oxidation sites excluding steroid dienone is 1. The first-order valence-corrected chi connectivity index (χ1v) is 7.03. The molecule has 0 bridgehead atoms. The minimum atomic E-state index is -2.01. The van der Waals surface area contributed by atoms with Crippen LogP contribution in [0.1, 0.15) is 40.0 Å². The SMILES string of the molecule is C/C(=C\CC[C@]1(C)[C@@H](C(=O)O)C[C@H]1[C@](C)(O)C(=O)O)C(=O)O. The van der Waals surface area contributed by atoms with Crippen molar-refractivity contribution in [1.29, 1.82) is 0 Å². The third kappa shape index (κ3) is 3.14. The molecule has 0 amide bonds. The fourth-order valence-corrected chi connectivity index (χ4v) is 3.30. The molecule has 1 aliphatic rings. The average molecular weight is 314 g/mol. The fourth-order valence-electron chi connectivity index (χ4n) is 3.30. The van der Waals surface area contributed by atoms with Crippen LogP contribution in [0.3, 0.4) is 0 Å². The molecule has 1 aliphatic carbocycles. The van der Waals surface area contributed by atoms with E-state index in [9.17, 15) is 24.6 Å². The summed E-state index contributed by atoms with van der Waals surface area (Å²) in [5, 5.41) is 37.3. The van der Waals surface area contributed by atoms with Crippen molar-refractivity contribution in [1.82, 2.24) is 0 Å². The Morgan fingerprint density at radius 1 is 1.27 bits per heavy atom. The lowest BCUT2D eigenvalue weighted by Crippen LogP contribution is -2.61. The first-order valence-electron chi connectivity index (χ1n) is 7.03. The van der Waals surface area contributed by atoms with Crippen molar-refractivity contribution in [3.05, 3.63) is 11.6 Å². The highest BCUT2D eigenvalue weighted by Crippen LogP contribution is 2.58. The summed E-state index contributed by atoms with van der Waals surface area (Å²) in [6, 6.07) is 0. The maximum absolute atomic E-state index is 11.3. The summed E-state index contributed by atoms with van der Waals surface area (Å²) in [5.41, 5.74) is -2.76. The van der Waals surface area contributed by atoms with Gasteiger partial charge in [-0.3, -0.25) is 4.79 Å². The number of carboxylic acids is 3. The monoisotopic (exact) mass is 314 g/mol. The molecule has 22 heavy (non-hydrogen) atoms.